The molecule has 5 heteroatoms. The minimum atomic E-state index is -0.481. The first-order chi connectivity index (χ1) is 8.58. The van der Waals surface area contributed by atoms with E-state index in [9.17, 15) is 9.59 Å². The fourth-order valence-corrected chi connectivity index (χ4v) is 1.46. The SMILES string of the molecule is CCC(N)CC(=O)Nc1ccccc1C(=O)OC. The molecule has 0 radical (unpaired) electrons. The zero-order chi connectivity index (χ0) is 13.5. The Hall–Kier alpha value is -1.88. The van der Waals surface area contributed by atoms with E-state index in [0.29, 0.717) is 11.3 Å². The molecule has 0 aliphatic rings. The van der Waals surface area contributed by atoms with Gasteiger partial charge in [-0.05, 0) is 18.6 Å². The molecule has 0 spiro atoms. The van der Waals surface area contributed by atoms with Crippen molar-refractivity contribution in [1.29, 1.82) is 0 Å². The van der Waals surface area contributed by atoms with E-state index in [1.165, 1.54) is 7.11 Å². The molecule has 0 saturated carbocycles. The lowest BCUT2D eigenvalue weighted by atomic mass is 10.1. The lowest BCUT2D eigenvalue weighted by Gasteiger charge is -2.11. The molecule has 0 fully saturated rings. The monoisotopic (exact) mass is 250 g/mol. The Labute approximate surface area is 106 Å². The topological polar surface area (TPSA) is 81.4 Å². The summed E-state index contributed by atoms with van der Waals surface area (Å²) < 4.78 is 4.65. The molecule has 0 aromatic heterocycles. The second-order valence-corrected chi connectivity index (χ2v) is 3.96. The molecule has 5 nitrogen and oxygen atoms in total. The van der Waals surface area contributed by atoms with Crippen molar-refractivity contribution < 1.29 is 14.3 Å². The van der Waals surface area contributed by atoms with Crippen LogP contribution in [0, 0.1) is 0 Å². The van der Waals surface area contributed by atoms with Gasteiger partial charge >= 0.3 is 5.97 Å². The summed E-state index contributed by atoms with van der Waals surface area (Å²) in [5, 5.41) is 2.67. The number of amides is 1. The van der Waals surface area contributed by atoms with Crippen LogP contribution >= 0.6 is 0 Å². The van der Waals surface area contributed by atoms with Gasteiger partial charge in [-0.25, -0.2) is 4.79 Å². The Morgan fingerprint density at radius 2 is 2.06 bits per heavy atom. The number of carbonyl (C=O) groups excluding carboxylic acids is 2. The molecular formula is C13H18N2O3. The molecule has 98 valence electrons. The standard InChI is InChI=1S/C13H18N2O3/c1-3-9(14)8-12(16)15-11-7-5-4-6-10(11)13(17)18-2/h4-7,9H,3,8,14H2,1-2H3,(H,15,16). The van der Waals surface area contributed by atoms with Gasteiger partial charge in [-0.15, -0.1) is 0 Å². The minimum absolute atomic E-state index is 0.171. The Morgan fingerprint density at radius 3 is 2.67 bits per heavy atom. The molecule has 1 rings (SSSR count). The highest BCUT2D eigenvalue weighted by molar-refractivity contribution is 6.01. The van der Waals surface area contributed by atoms with Crippen molar-refractivity contribution in [3.63, 3.8) is 0 Å². The number of methoxy groups -OCH3 is 1. The quantitative estimate of drug-likeness (QED) is 0.777. The molecule has 1 atom stereocenters. The van der Waals surface area contributed by atoms with Crippen LogP contribution in [0.15, 0.2) is 24.3 Å². The predicted molar refractivity (Wildman–Crippen MR) is 69.3 cm³/mol. The summed E-state index contributed by atoms with van der Waals surface area (Å²) in [4.78, 5) is 23.2. The van der Waals surface area contributed by atoms with Crippen LogP contribution in [-0.2, 0) is 9.53 Å². The maximum atomic E-state index is 11.7. The van der Waals surface area contributed by atoms with Crippen LogP contribution in [0.5, 0.6) is 0 Å². The van der Waals surface area contributed by atoms with Gasteiger partial charge in [-0.2, -0.15) is 0 Å². The molecule has 3 N–H and O–H groups in total. The van der Waals surface area contributed by atoms with E-state index in [-0.39, 0.29) is 18.4 Å². The van der Waals surface area contributed by atoms with Gasteiger partial charge in [0.2, 0.25) is 5.91 Å². The Morgan fingerprint density at radius 1 is 1.39 bits per heavy atom. The predicted octanol–water partition coefficient (Wildman–Crippen LogP) is 1.54. The highest BCUT2D eigenvalue weighted by Crippen LogP contribution is 2.16. The lowest BCUT2D eigenvalue weighted by Crippen LogP contribution is -2.26. The van der Waals surface area contributed by atoms with Crippen molar-refractivity contribution in [2.75, 3.05) is 12.4 Å². The molecule has 0 saturated heterocycles. The third-order valence-electron chi connectivity index (χ3n) is 2.58. The van der Waals surface area contributed by atoms with E-state index in [2.05, 4.69) is 10.1 Å². The van der Waals surface area contributed by atoms with Crippen LogP contribution in [-0.4, -0.2) is 25.0 Å². The Balaban J connectivity index is 2.78. The Kier molecular flexibility index (Phi) is 5.32. The second kappa shape index (κ2) is 6.76. The molecular weight excluding hydrogens is 232 g/mol. The fourth-order valence-electron chi connectivity index (χ4n) is 1.46. The van der Waals surface area contributed by atoms with Gasteiger partial charge < -0.3 is 15.8 Å². The fraction of sp³-hybridized carbons (Fsp3) is 0.385. The number of esters is 1. The lowest BCUT2D eigenvalue weighted by molar-refractivity contribution is -0.116. The van der Waals surface area contributed by atoms with Gasteiger partial charge in [0.15, 0.2) is 0 Å². The van der Waals surface area contributed by atoms with E-state index >= 15 is 0 Å². The molecule has 1 amide bonds. The maximum absolute atomic E-state index is 11.7. The van der Waals surface area contributed by atoms with E-state index < -0.39 is 5.97 Å². The number of benzene rings is 1. The third-order valence-corrected chi connectivity index (χ3v) is 2.58. The first-order valence-electron chi connectivity index (χ1n) is 5.81. The van der Waals surface area contributed by atoms with Crippen LogP contribution in [0.1, 0.15) is 30.1 Å². The number of rotatable bonds is 5. The van der Waals surface area contributed by atoms with Gasteiger partial charge in [0, 0.05) is 12.5 Å². The zero-order valence-corrected chi connectivity index (χ0v) is 10.6. The summed E-state index contributed by atoms with van der Waals surface area (Å²) in [6, 6.07) is 6.53. The van der Waals surface area contributed by atoms with Crippen LogP contribution in [0.25, 0.3) is 0 Å². The smallest absolute Gasteiger partial charge is 0.339 e. The summed E-state index contributed by atoms with van der Waals surface area (Å²) in [7, 11) is 1.30. The number of carbonyl (C=O) groups is 2. The average Bonchev–Trinajstić information content (AvgIpc) is 2.38. The van der Waals surface area contributed by atoms with Crippen molar-refractivity contribution in [3.05, 3.63) is 29.8 Å². The molecule has 1 unspecified atom stereocenters. The van der Waals surface area contributed by atoms with Gasteiger partial charge in [-0.1, -0.05) is 19.1 Å². The number of hydrogen-bond donors (Lipinski definition) is 2. The average molecular weight is 250 g/mol. The highest BCUT2D eigenvalue weighted by atomic mass is 16.5. The van der Waals surface area contributed by atoms with Gasteiger partial charge in [0.05, 0.1) is 18.4 Å². The molecule has 0 bridgehead atoms. The molecule has 0 heterocycles. The van der Waals surface area contributed by atoms with Crippen molar-refractivity contribution in [2.45, 2.75) is 25.8 Å². The highest BCUT2D eigenvalue weighted by Gasteiger charge is 2.14. The number of ether oxygens (including phenoxy) is 1. The van der Waals surface area contributed by atoms with Crippen molar-refractivity contribution in [1.82, 2.24) is 0 Å². The third kappa shape index (κ3) is 3.85. The van der Waals surface area contributed by atoms with E-state index in [1.807, 2.05) is 6.92 Å². The minimum Gasteiger partial charge on any atom is -0.465 e. The van der Waals surface area contributed by atoms with E-state index in [1.54, 1.807) is 24.3 Å². The molecule has 18 heavy (non-hydrogen) atoms. The first-order valence-corrected chi connectivity index (χ1v) is 5.81. The van der Waals surface area contributed by atoms with Gasteiger partial charge in [-0.3, -0.25) is 4.79 Å². The van der Waals surface area contributed by atoms with Crippen LogP contribution in [0.4, 0.5) is 5.69 Å². The summed E-state index contributed by atoms with van der Waals surface area (Å²) in [6.07, 6.45) is 0.956. The summed E-state index contributed by atoms with van der Waals surface area (Å²) in [5.41, 5.74) is 6.47. The van der Waals surface area contributed by atoms with Crippen LogP contribution in [0.3, 0.4) is 0 Å². The summed E-state index contributed by atoms with van der Waals surface area (Å²) >= 11 is 0. The van der Waals surface area contributed by atoms with Crippen molar-refractivity contribution in [2.24, 2.45) is 5.73 Å². The number of anilines is 1. The van der Waals surface area contributed by atoms with Crippen LogP contribution < -0.4 is 11.1 Å². The van der Waals surface area contributed by atoms with Gasteiger partial charge in [0.25, 0.3) is 0 Å². The van der Waals surface area contributed by atoms with Crippen molar-refractivity contribution in [3.8, 4) is 0 Å². The van der Waals surface area contributed by atoms with Crippen LogP contribution in [0.2, 0.25) is 0 Å². The summed E-state index contributed by atoms with van der Waals surface area (Å²) in [5.74, 6) is -0.689. The number of nitrogens with one attached hydrogen (secondary N) is 1. The Bertz CT molecular complexity index is 432. The largest absolute Gasteiger partial charge is 0.465 e. The number of nitrogens with two attached hydrogens (primary N) is 1. The number of para-hydroxylation sites is 1. The molecule has 0 aliphatic carbocycles. The van der Waals surface area contributed by atoms with E-state index in [4.69, 9.17) is 5.73 Å². The second-order valence-electron chi connectivity index (χ2n) is 3.96. The summed E-state index contributed by atoms with van der Waals surface area (Å²) in [6.45, 7) is 1.92. The zero-order valence-electron chi connectivity index (χ0n) is 10.6. The van der Waals surface area contributed by atoms with Gasteiger partial charge in [0.1, 0.15) is 0 Å². The normalized spacial score (nSPS) is 11.7. The van der Waals surface area contributed by atoms with E-state index in [0.717, 1.165) is 6.42 Å². The maximum Gasteiger partial charge on any atom is 0.339 e. The molecule has 1 aromatic carbocycles. The first kappa shape index (κ1) is 14.2. The number of hydrogen-bond acceptors (Lipinski definition) is 4. The molecule has 0 aliphatic heterocycles. The van der Waals surface area contributed by atoms with Crippen molar-refractivity contribution >= 4 is 17.6 Å². The molecule has 1 aromatic rings.